The lowest BCUT2D eigenvalue weighted by Crippen LogP contribution is -2.39. The lowest BCUT2D eigenvalue weighted by molar-refractivity contribution is 0.0799. The summed E-state index contributed by atoms with van der Waals surface area (Å²) in [6.45, 7) is 2.01. The van der Waals surface area contributed by atoms with Gasteiger partial charge in [-0.3, -0.25) is 0 Å². The van der Waals surface area contributed by atoms with Crippen LogP contribution in [0.3, 0.4) is 0 Å². The van der Waals surface area contributed by atoms with Crippen LogP contribution in [0.4, 0.5) is 4.39 Å². The molecule has 12 heavy (non-hydrogen) atoms. The molecular formula is C10H18FN. The van der Waals surface area contributed by atoms with Crippen LogP contribution in [0.5, 0.6) is 0 Å². The fraction of sp³-hybridized carbons (Fsp3) is 1.00. The van der Waals surface area contributed by atoms with E-state index in [0.717, 1.165) is 38.8 Å². The van der Waals surface area contributed by atoms with Gasteiger partial charge in [-0.05, 0) is 38.1 Å². The molecule has 1 aliphatic heterocycles. The number of rotatable bonds is 2. The van der Waals surface area contributed by atoms with Gasteiger partial charge in [0.25, 0.3) is 0 Å². The van der Waals surface area contributed by atoms with Gasteiger partial charge < -0.3 is 5.32 Å². The van der Waals surface area contributed by atoms with E-state index in [1.165, 1.54) is 6.42 Å². The largest absolute Gasteiger partial charge is 0.316 e. The molecule has 0 aromatic rings. The van der Waals surface area contributed by atoms with Crippen molar-refractivity contribution in [3.05, 3.63) is 0 Å². The van der Waals surface area contributed by atoms with Crippen LogP contribution in [-0.4, -0.2) is 19.3 Å². The highest BCUT2D eigenvalue weighted by Crippen LogP contribution is 2.36. The molecule has 2 fully saturated rings. The van der Waals surface area contributed by atoms with E-state index < -0.39 is 6.17 Å². The minimum atomic E-state index is -0.508. The second kappa shape index (κ2) is 3.73. The summed E-state index contributed by atoms with van der Waals surface area (Å²) in [4.78, 5) is 0. The van der Waals surface area contributed by atoms with E-state index in [0.29, 0.717) is 11.8 Å². The van der Waals surface area contributed by atoms with Crippen LogP contribution < -0.4 is 5.32 Å². The van der Waals surface area contributed by atoms with Gasteiger partial charge in [0.2, 0.25) is 0 Å². The lowest BCUT2D eigenvalue weighted by atomic mass is 9.76. The Hall–Kier alpha value is -0.110. The van der Waals surface area contributed by atoms with Crippen molar-refractivity contribution in [3.63, 3.8) is 0 Å². The van der Waals surface area contributed by atoms with Gasteiger partial charge in [0.05, 0.1) is 0 Å². The predicted octanol–water partition coefficient (Wildman–Crippen LogP) is 2.12. The molecule has 2 rings (SSSR count). The van der Waals surface area contributed by atoms with Gasteiger partial charge in [0, 0.05) is 12.5 Å². The molecule has 2 atom stereocenters. The Morgan fingerprint density at radius 2 is 1.83 bits per heavy atom. The third-order valence-electron chi connectivity index (χ3n) is 3.39. The molecule has 2 heteroatoms. The molecule has 1 aliphatic carbocycles. The molecule has 0 amide bonds. The maximum absolute atomic E-state index is 13.7. The van der Waals surface area contributed by atoms with Crippen molar-refractivity contribution < 1.29 is 4.39 Å². The summed E-state index contributed by atoms with van der Waals surface area (Å²) in [7, 11) is 0. The second-order valence-electron chi connectivity index (χ2n) is 4.24. The molecule has 0 aromatic carbocycles. The average molecular weight is 171 g/mol. The smallest absolute Gasteiger partial charge is 0.107 e. The van der Waals surface area contributed by atoms with Gasteiger partial charge in [0.15, 0.2) is 0 Å². The van der Waals surface area contributed by atoms with Crippen LogP contribution in [0.1, 0.15) is 32.1 Å². The zero-order chi connectivity index (χ0) is 8.39. The van der Waals surface area contributed by atoms with E-state index in [-0.39, 0.29) is 0 Å². The van der Waals surface area contributed by atoms with Crippen LogP contribution in [0, 0.1) is 11.8 Å². The van der Waals surface area contributed by atoms with Crippen LogP contribution >= 0.6 is 0 Å². The van der Waals surface area contributed by atoms with Crippen molar-refractivity contribution in [2.45, 2.75) is 38.3 Å². The summed E-state index contributed by atoms with van der Waals surface area (Å²) < 4.78 is 13.7. The molecule has 1 nitrogen and oxygen atoms in total. The number of alkyl halides is 1. The van der Waals surface area contributed by atoms with Crippen molar-refractivity contribution >= 4 is 0 Å². The summed E-state index contributed by atoms with van der Waals surface area (Å²) in [5, 5.41) is 3.28. The molecule has 70 valence electrons. The fourth-order valence-electron chi connectivity index (χ4n) is 2.29. The molecule has 0 bridgehead atoms. The number of halogens is 1. The molecule has 0 spiro atoms. The summed E-state index contributed by atoms with van der Waals surface area (Å²) >= 11 is 0. The minimum absolute atomic E-state index is 0.323. The first-order chi connectivity index (χ1) is 5.88. The van der Waals surface area contributed by atoms with E-state index >= 15 is 0 Å². The molecule has 1 saturated heterocycles. The highest BCUT2D eigenvalue weighted by Gasteiger charge is 2.33. The van der Waals surface area contributed by atoms with Gasteiger partial charge in [-0.2, -0.15) is 0 Å². The predicted molar refractivity (Wildman–Crippen MR) is 47.8 cm³/mol. The van der Waals surface area contributed by atoms with Crippen molar-refractivity contribution in [2.24, 2.45) is 11.8 Å². The van der Waals surface area contributed by atoms with Gasteiger partial charge >= 0.3 is 0 Å². The minimum Gasteiger partial charge on any atom is -0.316 e. The van der Waals surface area contributed by atoms with E-state index in [1.807, 2.05) is 0 Å². The number of nitrogens with one attached hydrogen (secondary N) is 1. The summed E-state index contributed by atoms with van der Waals surface area (Å²) in [5.74, 6) is 0.735. The Bertz CT molecular complexity index is 139. The van der Waals surface area contributed by atoms with E-state index in [2.05, 4.69) is 5.32 Å². The standard InChI is InChI=1S/C10H18FN/c11-10(8-3-1-4-8)9-5-2-6-12-7-9/h8-10,12H,1-7H2. The maximum atomic E-state index is 13.7. The Kier molecular flexibility index (Phi) is 2.64. The topological polar surface area (TPSA) is 12.0 Å². The highest BCUT2D eigenvalue weighted by molar-refractivity contribution is 4.85. The van der Waals surface area contributed by atoms with Crippen molar-refractivity contribution in [2.75, 3.05) is 13.1 Å². The van der Waals surface area contributed by atoms with Crippen LogP contribution in [0.2, 0.25) is 0 Å². The average Bonchev–Trinajstić information content (AvgIpc) is 2.03. The Balaban J connectivity index is 1.80. The number of hydrogen-bond donors (Lipinski definition) is 1. The Morgan fingerprint density at radius 1 is 1.08 bits per heavy atom. The van der Waals surface area contributed by atoms with Crippen LogP contribution in [-0.2, 0) is 0 Å². The molecule has 2 aliphatic rings. The second-order valence-corrected chi connectivity index (χ2v) is 4.24. The Morgan fingerprint density at radius 3 is 2.33 bits per heavy atom. The Labute approximate surface area is 73.7 Å². The molecule has 0 aromatic heterocycles. The molecule has 1 saturated carbocycles. The lowest BCUT2D eigenvalue weighted by Gasteiger charge is -2.35. The van der Waals surface area contributed by atoms with Gasteiger partial charge in [-0.1, -0.05) is 6.42 Å². The molecule has 0 radical (unpaired) electrons. The summed E-state index contributed by atoms with van der Waals surface area (Å²) in [6.07, 6.45) is 5.29. The highest BCUT2D eigenvalue weighted by atomic mass is 19.1. The van der Waals surface area contributed by atoms with Crippen LogP contribution in [0.25, 0.3) is 0 Å². The summed E-state index contributed by atoms with van der Waals surface area (Å²) in [6, 6.07) is 0. The normalized spacial score (nSPS) is 34.2. The van der Waals surface area contributed by atoms with Crippen LogP contribution in [0.15, 0.2) is 0 Å². The van der Waals surface area contributed by atoms with E-state index in [9.17, 15) is 4.39 Å². The number of hydrogen-bond acceptors (Lipinski definition) is 1. The molecule has 2 unspecified atom stereocenters. The fourth-order valence-corrected chi connectivity index (χ4v) is 2.29. The number of piperidine rings is 1. The van der Waals surface area contributed by atoms with Crippen molar-refractivity contribution in [1.82, 2.24) is 5.32 Å². The molecular weight excluding hydrogens is 153 g/mol. The molecule has 1 heterocycles. The third kappa shape index (κ3) is 1.63. The quantitative estimate of drug-likeness (QED) is 0.671. The zero-order valence-corrected chi connectivity index (χ0v) is 7.56. The third-order valence-corrected chi connectivity index (χ3v) is 3.39. The van der Waals surface area contributed by atoms with Crippen molar-refractivity contribution in [1.29, 1.82) is 0 Å². The van der Waals surface area contributed by atoms with E-state index in [4.69, 9.17) is 0 Å². The maximum Gasteiger partial charge on any atom is 0.107 e. The SMILES string of the molecule is FC(C1CCC1)C1CCCNC1. The first kappa shape index (κ1) is 8.49. The molecule has 1 N–H and O–H groups in total. The first-order valence-electron chi connectivity index (χ1n) is 5.22. The van der Waals surface area contributed by atoms with E-state index in [1.54, 1.807) is 0 Å². The monoisotopic (exact) mass is 171 g/mol. The van der Waals surface area contributed by atoms with Crippen molar-refractivity contribution in [3.8, 4) is 0 Å². The van der Waals surface area contributed by atoms with Gasteiger partial charge in [-0.25, -0.2) is 4.39 Å². The first-order valence-corrected chi connectivity index (χ1v) is 5.22. The summed E-state index contributed by atoms with van der Waals surface area (Å²) in [5.41, 5.74) is 0. The van der Waals surface area contributed by atoms with Gasteiger partial charge in [-0.15, -0.1) is 0 Å². The van der Waals surface area contributed by atoms with Gasteiger partial charge in [0.1, 0.15) is 6.17 Å². The zero-order valence-electron chi connectivity index (χ0n) is 7.56.